The van der Waals surface area contributed by atoms with Crippen LogP contribution in [-0.4, -0.2) is 35.2 Å². The fourth-order valence-electron chi connectivity index (χ4n) is 2.86. The molecule has 0 unspecified atom stereocenters. The van der Waals surface area contributed by atoms with Gasteiger partial charge in [-0.15, -0.1) is 0 Å². The molecule has 21 heavy (non-hydrogen) atoms. The van der Waals surface area contributed by atoms with E-state index in [2.05, 4.69) is 40.3 Å². The molecule has 0 saturated carbocycles. The Labute approximate surface area is 124 Å². The molecule has 112 valence electrons. The molecule has 1 aromatic carbocycles. The smallest absolute Gasteiger partial charge is 0.240 e. The summed E-state index contributed by atoms with van der Waals surface area (Å²) in [6.07, 6.45) is 2.13. The molecule has 1 aromatic heterocycles. The maximum Gasteiger partial charge on any atom is 0.240 e. The summed E-state index contributed by atoms with van der Waals surface area (Å²) in [5.74, 6) is 2.99. The van der Waals surface area contributed by atoms with E-state index in [1.54, 1.807) is 0 Å². The summed E-state index contributed by atoms with van der Waals surface area (Å²) in [7, 11) is 2.09. The molecular weight excluding hydrogens is 266 g/mol. The van der Waals surface area contributed by atoms with E-state index in [0.717, 1.165) is 31.7 Å². The van der Waals surface area contributed by atoms with Gasteiger partial charge in [-0.05, 0) is 44.4 Å². The van der Waals surface area contributed by atoms with Crippen LogP contribution in [0.3, 0.4) is 0 Å². The highest BCUT2D eigenvalue weighted by Crippen LogP contribution is 2.27. The van der Waals surface area contributed by atoms with Gasteiger partial charge in [-0.25, -0.2) is 0 Å². The van der Waals surface area contributed by atoms with Crippen molar-refractivity contribution in [3.8, 4) is 5.75 Å². The average Bonchev–Trinajstić information content (AvgIpc) is 2.74. The van der Waals surface area contributed by atoms with E-state index in [9.17, 15) is 0 Å². The number of aromatic nitrogens is 2. The van der Waals surface area contributed by atoms with Crippen molar-refractivity contribution in [1.82, 2.24) is 15.0 Å². The molecule has 1 aliphatic heterocycles. The van der Waals surface area contributed by atoms with Crippen LogP contribution in [0.1, 0.15) is 23.7 Å². The minimum atomic E-state index is 0.586. The number of hydrogen-bond donors (Lipinski definition) is 0. The summed E-state index contributed by atoms with van der Waals surface area (Å²) in [6.45, 7) is 4.32. The zero-order valence-electron chi connectivity index (χ0n) is 12.6. The molecule has 1 atom stereocenters. The molecule has 2 heterocycles. The molecule has 0 radical (unpaired) electrons. The molecule has 0 amide bonds. The number of ether oxygens (including phenoxy) is 1. The number of nitrogens with zero attached hydrogens (tertiary/aromatic N) is 3. The minimum Gasteiger partial charge on any atom is -0.493 e. The average molecular weight is 287 g/mol. The van der Waals surface area contributed by atoms with Crippen LogP contribution in [0.25, 0.3) is 0 Å². The van der Waals surface area contributed by atoms with Crippen LogP contribution >= 0.6 is 0 Å². The zero-order valence-corrected chi connectivity index (χ0v) is 12.6. The largest absolute Gasteiger partial charge is 0.493 e. The van der Waals surface area contributed by atoms with Crippen molar-refractivity contribution in [2.24, 2.45) is 5.92 Å². The number of aryl methyl sites for hydroxylation is 1. The second kappa shape index (κ2) is 6.26. The molecule has 0 bridgehead atoms. The monoisotopic (exact) mass is 287 g/mol. The first kappa shape index (κ1) is 14.1. The van der Waals surface area contributed by atoms with Crippen molar-refractivity contribution in [2.75, 3.05) is 20.2 Å². The van der Waals surface area contributed by atoms with E-state index in [1.807, 2.05) is 13.0 Å². The summed E-state index contributed by atoms with van der Waals surface area (Å²) in [5.41, 5.74) is 1.31. The van der Waals surface area contributed by atoms with Crippen molar-refractivity contribution < 1.29 is 9.26 Å². The highest BCUT2D eigenvalue weighted by atomic mass is 16.5. The van der Waals surface area contributed by atoms with Gasteiger partial charge in [-0.3, -0.25) is 4.90 Å². The van der Waals surface area contributed by atoms with Crippen LogP contribution in [0.2, 0.25) is 0 Å². The molecule has 0 N–H and O–H groups in total. The summed E-state index contributed by atoms with van der Waals surface area (Å²) < 4.78 is 11.0. The van der Waals surface area contributed by atoms with Crippen molar-refractivity contribution in [3.63, 3.8) is 0 Å². The molecule has 2 aromatic rings. The van der Waals surface area contributed by atoms with Crippen LogP contribution in [0, 0.1) is 12.8 Å². The van der Waals surface area contributed by atoms with Crippen LogP contribution < -0.4 is 4.74 Å². The normalized spacial score (nSPS) is 18.1. The van der Waals surface area contributed by atoms with Crippen molar-refractivity contribution in [1.29, 1.82) is 0 Å². The summed E-state index contributed by atoms with van der Waals surface area (Å²) in [6, 6.07) is 8.33. The summed E-state index contributed by atoms with van der Waals surface area (Å²) in [5, 5.41) is 3.83. The first-order valence-corrected chi connectivity index (χ1v) is 7.39. The third kappa shape index (κ3) is 3.61. The van der Waals surface area contributed by atoms with E-state index in [0.29, 0.717) is 24.2 Å². The Kier molecular flexibility index (Phi) is 4.20. The maximum absolute atomic E-state index is 5.82. The highest BCUT2D eigenvalue weighted by molar-refractivity contribution is 5.34. The van der Waals surface area contributed by atoms with Crippen LogP contribution in [-0.2, 0) is 13.0 Å². The standard InChI is InChI=1S/C16H21N3O2/c1-12-17-16(21-18-12)11-19(2)10-13-7-8-20-15-6-4-3-5-14(15)9-13/h3-6,13H,7-11H2,1-2H3/t13-/m1/s1. The first-order valence-electron chi connectivity index (χ1n) is 7.39. The Hall–Kier alpha value is -1.88. The Bertz CT molecular complexity index is 597. The van der Waals surface area contributed by atoms with Gasteiger partial charge in [-0.2, -0.15) is 4.98 Å². The van der Waals surface area contributed by atoms with E-state index in [-0.39, 0.29) is 0 Å². The quantitative estimate of drug-likeness (QED) is 0.864. The van der Waals surface area contributed by atoms with E-state index in [1.165, 1.54) is 5.56 Å². The predicted octanol–water partition coefficient (Wildman–Crippen LogP) is 2.45. The lowest BCUT2D eigenvalue weighted by atomic mass is 9.96. The fraction of sp³-hybridized carbons (Fsp3) is 0.500. The van der Waals surface area contributed by atoms with Gasteiger partial charge in [0.25, 0.3) is 0 Å². The molecule has 0 fully saturated rings. The molecule has 0 spiro atoms. The molecule has 1 aliphatic rings. The zero-order chi connectivity index (χ0) is 14.7. The van der Waals surface area contributed by atoms with Crippen LogP contribution in [0.15, 0.2) is 28.8 Å². The number of para-hydroxylation sites is 1. The molecular formula is C16H21N3O2. The number of rotatable bonds is 4. The van der Waals surface area contributed by atoms with Gasteiger partial charge in [0.2, 0.25) is 5.89 Å². The SMILES string of the molecule is Cc1noc(CN(C)C[C@@H]2CCOc3ccccc3C2)n1. The number of benzene rings is 1. The maximum atomic E-state index is 5.82. The van der Waals surface area contributed by atoms with Gasteiger partial charge < -0.3 is 9.26 Å². The lowest BCUT2D eigenvalue weighted by molar-refractivity contribution is 0.214. The second-order valence-electron chi connectivity index (χ2n) is 5.75. The molecule has 0 saturated heterocycles. The van der Waals surface area contributed by atoms with Crippen LogP contribution in [0.4, 0.5) is 0 Å². The first-order chi connectivity index (χ1) is 10.2. The molecule has 0 aliphatic carbocycles. The molecule has 5 heteroatoms. The third-order valence-corrected chi connectivity index (χ3v) is 3.81. The van der Waals surface area contributed by atoms with Gasteiger partial charge in [-0.1, -0.05) is 23.4 Å². The van der Waals surface area contributed by atoms with E-state index >= 15 is 0 Å². The topological polar surface area (TPSA) is 51.4 Å². The molecule has 5 nitrogen and oxygen atoms in total. The fourth-order valence-corrected chi connectivity index (χ4v) is 2.86. The van der Waals surface area contributed by atoms with E-state index in [4.69, 9.17) is 9.26 Å². The van der Waals surface area contributed by atoms with Gasteiger partial charge in [0, 0.05) is 6.54 Å². The van der Waals surface area contributed by atoms with Gasteiger partial charge >= 0.3 is 0 Å². The second-order valence-corrected chi connectivity index (χ2v) is 5.75. The lowest BCUT2D eigenvalue weighted by Gasteiger charge is -2.21. The predicted molar refractivity (Wildman–Crippen MR) is 79.1 cm³/mol. The Balaban J connectivity index is 1.60. The minimum absolute atomic E-state index is 0.586. The Morgan fingerprint density at radius 1 is 1.33 bits per heavy atom. The number of hydrogen-bond acceptors (Lipinski definition) is 5. The van der Waals surface area contributed by atoms with Crippen LogP contribution in [0.5, 0.6) is 5.75 Å². The highest BCUT2D eigenvalue weighted by Gasteiger charge is 2.19. The van der Waals surface area contributed by atoms with Gasteiger partial charge in [0.15, 0.2) is 5.82 Å². The molecule has 3 rings (SSSR count). The van der Waals surface area contributed by atoms with Gasteiger partial charge in [0.1, 0.15) is 5.75 Å². The Morgan fingerprint density at radius 3 is 3.00 bits per heavy atom. The van der Waals surface area contributed by atoms with Crippen molar-refractivity contribution in [2.45, 2.75) is 26.3 Å². The van der Waals surface area contributed by atoms with E-state index < -0.39 is 0 Å². The van der Waals surface area contributed by atoms with Gasteiger partial charge in [0.05, 0.1) is 13.2 Å². The lowest BCUT2D eigenvalue weighted by Crippen LogP contribution is -2.27. The summed E-state index contributed by atoms with van der Waals surface area (Å²) in [4.78, 5) is 6.50. The number of fused-ring (bicyclic) bond motifs is 1. The van der Waals surface area contributed by atoms with Crippen molar-refractivity contribution >= 4 is 0 Å². The van der Waals surface area contributed by atoms with Crippen molar-refractivity contribution in [3.05, 3.63) is 41.5 Å². The Morgan fingerprint density at radius 2 is 2.19 bits per heavy atom. The summed E-state index contributed by atoms with van der Waals surface area (Å²) >= 11 is 0. The third-order valence-electron chi connectivity index (χ3n) is 3.81.